The van der Waals surface area contributed by atoms with Crippen LogP contribution in [0.4, 0.5) is 11.4 Å². The Bertz CT molecular complexity index is 373. The molecular weight excluding hydrogens is 214 g/mol. The second-order valence-corrected chi connectivity index (χ2v) is 4.71. The van der Waals surface area contributed by atoms with Crippen LogP contribution < -0.4 is 21.5 Å². The maximum absolute atomic E-state index is 5.95. The highest BCUT2D eigenvalue weighted by Crippen LogP contribution is 2.28. The van der Waals surface area contributed by atoms with Crippen molar-refractivity contribution in [2.45, 2.75) is 37.8 Å². The summed E-state index contributed by atoms with van der Waals surface area (Å²) in [6, 6.07) is 6.54. The standard InChI is InChI=1S/C13H21N3O/c1-17-11-6-7-12(15)13(8-11)16-10-4-2-9(14)3-5-10/h6-10,16H,2-5,14-15H2,1H3. The molecule has 1 fully saturated rings. The summed E-state index contributed by atoms with van der Waals surface area (Å²) in [4.78, 5) is 0. The van der Waals surface area contributed by atoms with Crippen LogP contribution in [-0.2, 0) is 0 Å². The van der Waals surface area contributed by atoms with Gasteiger partial charge in [0.05, 0.1) is 18.5 Å². The largest absolute Gasteiger partial charge is 0.497 e. The smallest absolute Gasteiger partial charge is 0.121 e. The van der Waals surface area contributed by atoms with Crippen LogP contribution in [0.2, 0.25) is 0 Å². The van der Waals surface area contributed by atoms with Crippen molar-refractivity contribution in [1.29, 1.82) is 0 Å². The second-order valence-electron chi connectivity index (χ2n) is 4.71. The van der Waals surface area contributed by atoms with Crippen LogP contribution >= 0.6 is 0 Å². The topological polar surface area (TPSA) is 73.3 Å². The summed E-state index contributed by atoms with van der Waals surface area (Å²) < 4.78 is 5.20. The quantitative estimate of drug-likeness (QED) is 0.700. The van der Waals surface area contributed by atoms with E-state index in [-0.39, 0.29) is 0 Å². The Kier molecular flexibility index (Phi) is 3.74. The average molecular weight is 235 g/mol. The number of hydrogen-bond acceptors (Lipinski definition) is 4. The molecule has 17 heavy (non-hydrogen) atoms. The third-order valence-corrected chi connectivity index (χ3v) is 3.39. The molecule has 1 aliphatic carbocycles. The zero-order valence-electron chi connectivity index (χ0n) is 10.3. The Hall–Kier alpha value is -1.42. The number of nitrogens with one attached hydrogen (secondary N) is 1. The molecule has 1 aromatic rings. The summed E-state index contributed by atoms with van der Waals surface area (Å²) in [5.74, 6) is 0.828. The van der Waals surface area contributed by atoms with Gasteiger partial charge >= 0.3 is 0 Å². The van der Waals surface area contributed by atoms with Crippen molar-refractivity contribution in [2.75, 3.05) is 18.2 Å². The van der Waals surface area contributed by atoms with Crippen molar-refractivity contribution in [3.05, 3.63) is 18.2 Å². The number of hydrogen-bond donors (Lipinski definition) is 3. The van der Waals surface area contributed by atoms with E-state index in [1.807, 2.05) is 18.2 Å². The maximum atomic E-state index is 5.95. The molecule has 0 aromatic heterocycles. The minimum absolute atomic E-state index is 0.371. The van der Waals surface area contributed by atoms with Crippen molar-refractivity contribution in [2.24, 2.45) is 5.73 Å². The monoisotopic (exact) mass is 235 g/mol. The fourth-order valence-electron chi connectivity index (χ4n) is 2.27. The molecule has 0 radical (unpaired) electrons. The van der Waals surface area contributed by atoms with Crippen LogP contribution in [0.3, 0.4) is 0 Å². The van der Waals surface area contributed by atoms with Gasteiger partial charge in [0, 0.05) is 18.2 Å². The maximum Gasteiger partial charge on any atom is 0.121 e. The summed E-state index contributed by atoms with van der Waals surface area (Å²) in [6.45, 7) is 0. The molecule has 1 aromatic carbocycles. The molecule has 0 spiro atoms. The lowest BCUT2D eigenvalue weighted by Gasteiger charge is -2.28. The van der Waals surface area contributed by atoms with Crippen molar-refractivity contribution < 1.29 is 4.74 Å². The number of benzene rings is 1. The van der Waals surface area contributed by atoms with Crippen molar-refractivity contribution in [3.8, 4) is 5.75 Å². The first-order chi connectivity index (χ1) is 8.19. The van der Waals surface area contributed by atoms with Crippen LogP contribution in [0.25, 0.3) is 0 Å². The summed E-state index contributed by atoms with van der Waals surface area (Å²) in [5.41, 5.74) is 13.6. The fraction of sp³-hybridized carbons (Fsp3) is 0.538. The van der Waals surface area contributed by atoms with Gasteiger partial charge in [0.15, 0.2) is 0 Å². The van der Waals surface area contributed by atoms with Gasteiger partial charge < -0.3 is 21.5 Å². The van der Waals surface area contributed by atoms with Crippen LogP contribution in [0, 0.1) is 0 Å². The molecule has 0 aliphatic heterocycles. The van der Waals surface area contributed by atoms with E-state index in [0.717, 1.165) is 42.8 Å². The number of rotatable bonds is 3. The molecule has 94 valence electrons. The number of nitrogen functional groups attached to an aromatic ring is 1. The van der Waals surface area contributed by atoms with Crippen LogP contribution in [0.15, 0.2) is 18.2 Å². The van der Waals surface area contributed by atoms with Crippen LogP contribution in [0.1, 0.15) is 25.7 Å². The van der Waals surface area contributed by atoms with Gasteiger partial charge in [0.2, 0.25) is 0 Å². The first-order valence-electron chi connectivity index (χ1n) is 6.14. The van der Waals surface area contributed by atoms with Gasteiger partial charge in [-0.15, -0.1) is 0 Å². The van der Waals surface area contributed by atoms with Gasteiger partial charge in [-0.1, -0.05) is 0 Å². The SMILES string of the molecule is COc1ccc(N)c(NC2CCC(N)CC2)c1. The molecule has 2 rings (SSSR count). The summed E-state index contributed by atoms with van der Waals surface area (Å²) in [6.07, 6.45) is 4.39. The molecule has 0 heterocycles. The number of nitrogens with two attached hydrogens (primary N) is 2. The lowest BCUT2D eigenvalue weighted by molar-refractivity contribution is 0.409. The molecule has 1 aliphatic rings. The van der Waals surface area contributed by atoms with Crippen molar-refractivity contribution in [3.63, 3.8) is 0 Å². The molecule has 4 heteroatoms. The first kappa shape index (κ1) is 12.0. The third kappa shape index (κ3) is 3.03. The molecule has 0 unspecified atom stereocenters. The van der Waals surface area contributed by atoms with E-state index in [1.165, 1.54) is 0 Å². The van der Waals surface area contributed by atoms with E-state index in [2.05, 4.69) is 5.32 Å². The van der Waals surface area contributed by atoms with Crippen LogP contribution in [0.5, 0.6) is 5.75 Å². The molecule has 5 N–H and O–H groups in total. The number of methoxy groups -OCH3 is 1. The Balaban J connectivity index is 2.02. The average Bonchev–Trinajstić information content (AvgIpc) is 2.35. The van der Waals surface area contributed by atoms with Crippen LogP contribution in [-0.4, -0.2) is 19.2 Å². The van der Waals surface area contributed by atoms with E-state index in [4.69, 9.17) is 16.2 Å². The fourth-order valence-corrected chi connectivity index (χ4v) is 2.27. The second kappa shape index (κ2) is 5.27. The van der Waals surface area contributed by atoms with Gasteiger partial charge in [-0.2, -0.15) is 0 Å². The van der Waals surface area contributed by atoms with E-state index in [1.54, 1.807) is 7.11 Å². The molecule has 0 atom stereocenters. The van der Waals surface area contributed by atoms with E-state index >= 15 is 0 Å². The Morgan fingerprint density at radius 1 is 1.24 bits per heavy atom. The summed E-state index contributed by atoms with van der Waals surface area (Å²) in [5, 5.41) is 3.48. The Labute approximate surface area is 102 Å². The predicted molar refractivity (Wildman–Crippen MR) is 71.3 cm³/mol. The van der Waals surface area contributed by atoms with E-state index < -0.39 is 0 Å². The van der Waals surface area contributed by atoms with E-state index in [0.29, 0.717) is 12.1 Å². The van der Waals surface area contributed by atoms with Crippen molar-refractivity contribution in [1.82, 2.24) is 0 Å². The molecule has 4 nitrogen and oxygen atoms in total. The zero-order valence-corrected chi connectivity index (χ0v) is 10.3. The zero-order chi connectivity index (χ0) is 12.3. The summed E-state index contributed by atoms with van der Waals surface area (Å²) in [7, 11) is 1.66. The summed E-state index contributed by atoms with van der Waals surface area (Å²) >= 11 is 0. The van der Waals surface area contributed by atoms with E-state index in [9.17, 15) is 0 Å². The van der Waals surface area contributed by atoms with Gasteiger partial charge in [0.25, 0.3) is 0 Å². The first-order valence-corrected chi connectivity index (χ1v) is 6.14. The lowest BCUT2D eigenvalue weighted by atomic mass is 9.91. The normalized spacial score (nSPS) is 24.4. The molecule has 1 saturated carbocycles. The van der Waals surface area contributed by atoms with Crippen molar-refractivity contribution >= 4 is 11.4 Å². The minimum Gasteiger partial charge on any atom is -0.497 e. The predicted octanol–water partition coefficient (Wildman–Crippen LogP) is 1.96. The Morgan fingerprint density at radius 2 is 1.94 bits per heavy atom. The lowest BCUT2D eigenvalue weighted by Crippen LogP contribution is -2.32. The minimum atomic E-state index is 0.371. The Morgan fingerprint density at radius 3 is 2.59 bits per heavy atom. The molecule has 0 bridgehead atoms. The number of anilines is 2. The van der Waals surface area contributed by atoms with Gasteiger partial charge in [0.1, 0.15) is 5.75 Å². The highest BCUT2D eigenvalue weighted by atomic mass is 16.5. The molecular formula is C13H21N3O. The molecule has 0 saturated heterocycles. The highest BCUT2D eigenvalue weighted by molar-refractivity contribution is 5.68. The van der Waals surface area contributed by atoms with Gasteiger partial charge in [-0.05, 0) is 37.8 Å². The third-order valence-electron chi connectivity index (χ3n) is 3.39. The highest BCUT2D eigenvalue weighted by Gasteiger charge is 2.18. The molecule has 0 amide bonds. The van der Waals surface area contributed by atoms with Gasteiger partial charge in [-0.25, -0.2) is 0 Å². The number of ether oxygens (including phenoxy) is 1. The van der Waals surface area contributed by atoms with Gasteiger partial charge in [-0.3, -0.25) is 0 Å².